The highest BCUT2D eigenvalue weighted by Crippen LogP contribution is 2.34. The number of carbonyl (C=O) groups is 1. The molecule has 0 atom stereocenters. The molecule has 1 aromatic heterocycles. The van der Waals surface area contributed by atoms with E-state index in [0.717, 1.165) is 47.7 Å². The lowest BCUT2D eigenvalue weighted by molar-refractivity contribution is -0.126. The normalized spacial score (nSPS) is 13.1. The number of hydrogen-bond acceptors (Lipinski definition) is 4. The fourth-order valence-corrected chi connectivity index (χ4v) is 3.60. The molecule has 0 spiro atoms. The van der Waals surface area contributed by atoms with Crippen LogP contribution in [0, 0.1) is 6.92 Å². The van der Waals surface area contributed by atoms with Gasteiger partial charge >= 0.3 is 0 Å². The zero-order valence-electron chi connectivity index (χ0n) is 17.3. The second kappa shape index (κ2) is 9.83. The number of unbranched alkanes of at least 4 members (excludes halogenated alkanes) is 1. The summed E-state index contributed by atoms with van der Waals surface area (Å²) in [7, 11) is 0. The second-order valence-electron chi connectivity index (χ2n) is 6.99. The predicted octanol–water partition coefficient (Wildman–Crippen LogP) is 4.48. The summed E-state index contributed by atoms with van der Waals surface area (Å²) in [5.74, 6) is 1.37. The lowest BCUT2D eigenvalue weighted by Gasteiger charge is -2.24. The van der Waals surface area contributed by atoms with Gasteiger partial charge in [-0.25, -0.2) is 0 Å². The van der Waals surface area contributed by atoms with Crippen LogP contribution in [0.3, 0.4) is 0 Å². The summed E-state index contributed by atoms with van der Waals surface area (Å²) in [5, 5.41) is 5.06. The van der Waals surface area contributed by atoms with Gasteiger partial charge in [-0.3, -0.25) is 9.48 Å². The molecule has 1 aliphatic heterocycles. The van der Waals surface area contributed by atoms with E-state index in [0.29, 0.717) is 31.5 Å². The van der Waals surface area contributed by atoms with Gasteiger partial charge in [-0.2, -0.15) is 5.10 Å². The lowest BCUT2D eigenvalue weighted by atomic mass is 10.1. The molecule has 7 heteroatoms. The van der Waals surface area contributed by atoms with Crippen LogP contribution in [-0.2, 0) is 17.9 Å². The number of hydrogen-bond donors (Lipinski definition) is 0. The molecular weight excluding hydrogens is 390 g/mol. The molecule has 0 saturated carbocycles. The maximum absolute atomic E-state index is 12.8. The SMILES string of the molecule is CCCCn1nc(C)c(/C=C/C(=O)N(CC)Cc2cccc3c2OCCO3)c1Cl. The molecule has 0 aliphatic carbocycles. The Balaban J connectivity index is 1.73. The minimum atomic E-state index is -0.0846. The summed E-state index contributed by atoms with van der Waals surface area (Å²) in [4.78, 5) is 14.6. The highest BCUT2D eigenvalue weighted by atomic mass is 35.5. The van der Waals surface area contributed by atoms with Crippen LogP contribution in [0.25, 0.3) is 6.08 Å². The molecule has 6 nitrogen and oxygen atoms in total. The molecule has 29 heavy (non-hydrogen) atoms. The van der Waals surface area contributed by atoms with E-state index in [1.54, 1.807) is 21.7 Å². The van der Waals surface area contributed by atoms with Gasteiger partial charge < -0.3 is 14.4 Å². The highest BCUT2D eigenvalue weighted by Gasteiger charge is 2.19. The van der Waals surface area contributed by atoms with E-state index in [4.69, 9.17) is 21.1 Å². The number of rotatable bonds is 8. The number of amides is 1. The Kier molecular flexibility index (Phi) is 7.20. The number of para-hydroxylation sites is 1. The molecule has 1 amide bonds. The van der Waals surface area contributed by atoms with Crippen molar-refractivity contribution < 1.29 is 14.3 Å². The van der Waals surface area contributed by atoms with Crippen LogP contribution in [0.2, 0.25) is 5.15 Å². The molecule has 2 aromatic rings. The quantitative estimate of drug-likeness (QED) is 0.594. The fraction of sp³-hybridized carbons (Fsp3) is 0.455. The zero-order chi connectivity index (χ0) is 20.8. The van der Waals surface area contributed by atoms with Gasteiger partial charge in [-0.05, 0) is 32.4 Å². The topological polar surface area (TPSA) is 56.6 Å². The standard InChI is InChI=1S/C22H28ClN3O3/c1-4-6-12-26-22(23)18(16(3)24-26)10-11-20(27)25(5-2)15-17-8-7-9-19-21(17)29-14-13-28-19/h7-11H,4-6,12-15H2,1-3H3/b11-10+. The van der Waals surface area contributed by atoms with Gasteiger partial charge in [0.2, 0.25) is 5.91 Å². The van der Waals surface area contributed by atoms with E-state index in [9.17, 15) is 4.79 Å². The summed E-state index contributed by atoms with van der Waals surface area (Å²) in [6.45, 7) is 8.86. The number of aryl methyl sites for hydroxylation is 2. The van der Waals surface area contributed by atoms with Crippen LogP contribution in [-0.4, -0.2) is 40.3 Å². The summed E-state index contributed by atoms with van der Waals surface area (Å²) < 4.78 is 13.2. The predicted molar refractivity (Wildman–Crippen MR) is 114 cm³/mol. The van der Waals surface area contributed by atoms with Crippen molar-refractivity contribution in [2.45, 2.75) is 46.7 Å². The zero-order valence-corrected chi connectivity index (χ0v) is 18.0. The molecule has 3 rings (SSSR count). The fourth-order valence-electron chi connectivity index (χ4n) is 3.28. The average Bonchev–Trinajstić information content (AvgIpc) is 3.01. The van der Waals surface area contributed by atoms with Crippen molar-refractivity contribution in [2.75, 3.05) is 19.8 Å². The maximum Gasteiger partial charge on any atom is 0.246 e. The lowest BCUT2D eigenvalue weighted by Crippen LogP contribution is -2.29. The minimum absolute atomic E-state index is 0.0846. The number of ether oxygens (including phenoxy) is 2. The van der Waals surface area contributed by atoms with E-state index in [-0.39, 0.29) is 5.91 Å². The van der Waals surface area contributed by atoms with Gasteiger partial charge in [-0.1, -0.05) is 37.1 Å². The number of benzene rings is 1. The number of carbonyl (C=O) groups excluding carboxylic acids is 1. The molecule has 2 heterocycles. The average molecular weight is 418 g/mol. The number of fused-ring (bicyclic) bond motifs is 1. The van der Waals surface area contributed by atoms with Crippen molar-refractivity contribution in [3.63, 3.8) is 0 Å². The van der Waals surface area contributed by atoms with E-state index in [2.05, 4.69) is 12.0 Å². The number of likely N-dealkylation sites (N-methyl/N-ethyl adjacent to an activating group) is 1. The van der Waals surface area contributed by atoms with Crippen molar-refractivity contribution in [1.29, 1.82) is 0 Å². The van der Waals surface area contributed by atoms with Gasteiger partial charge in [0.1, 0.15) is 18.4 Å². The van der Waals surface area contributed by atoms with E-state index >= 15 is 0 Å². The van der Waals surface area contributed by atoms with Crippen LogP contribution in [0.1, 0.15) is 43.5 Å². The van der Waals surface area contributed by atoms with Crippen LogP contribution in [0.5, 0.6) is 11.5 Å². The summed E-state index contributed by atoms with van der Waals surface area (Å²) in [6, 6.07) is 5.77. The number of aromatic nitrogens is 2. The monoisotopic (exact) mass is 417 g/mol. The second-order valence-corrected chi connectivity index (χ2v) is 7.35. The minimum Gasteiger partial charge on any atom is -0.486 e. The Morgan fingerprint density at radius 2 is 2.10 bits per heavy atom. The van der Waals surface area contributed by atoms with Gasteiger partial charge in [-0.15, -0.1) is 0 Å². The van der Waals surface area contributed by atoms with Gasteiger partial charge in [0.25, 0.3) is 0 Å². The van der Waals surface area contributed by atoms with Gasteiger partial charge in [0.15, 0.2) is 11.5 Å². The third kappa shape index (κ3) is 4.93. The first-order valence-corrected chi connectivity index (χ1v) is 10.5. The van der Waals surface area contributed by atoms with Crippen molar-refractivity contribution in [2.24, 2.45) is 0 Å². The summed E-state index contributed by atoms with van der Waals surface area (Å²) in [5.41, 5.74) is 2.55. The van der Waals surface area contributed by atoms with E-state index < -0.39 is 0 Å². The molecule has 0 radical (unpaired) electrons. The third-order valence-corrected chi connectivity index (χ3v) is 5.33. The molecular formula is C22H28ClN3O3. The Morgan fingerprint density at radius 1 is 1.31 bits per heavy atom. The molecule has 0 unspecified atom stereocenters. The highest BCUT2D eigenvalue weighted by molar-refractivity contribution is 6.31. The third-order valence-electron chi connectivity index (χ3n) is 4.93. The molecule has 0 saturated heterocycles. The van der Waals surface area contributed by atoms with Crippen molar-refractivity contribution in [3.8, 4) is 11.5 Å². The maximum atomic E-state index is 12.8. The van der Waals surface area contributed by atoms with Crippen molar-refractivity contribution in [1.82, 2.24) is 14.7 Å². The number of nitrogens with zero attached hydrogens (tertiary/aromatic N) is 3. The van der Waals surface area contributed by atoms with E-state index in [1.165, 1.54) is 0 Å². The first-order chi connectivity index (χ1) is 14.0. The molecule has 156 valence electrons. The van der Waals surface area contributed by atoms with Crippen LogP contribution >= 0.6 is 11.6 Å². The molecule has 1 aliphatic rings. The smallest absolute Gasteiger partial charge is 0.246 e. The van der Waals surface area contributed by atoms with Crippen molar-refractivity contribution >= 4 is 23.6 Å². The Labute approximate surface area is 177 Å². The van der Waals surface area contributed by atoms with Crippen LogP contribution in [0.15, 0.2) is 24.3 Å². The van der Waals surface area contributed by atoms with Gasteiger partial charge in [0.05, 0.1) is 5.69 Å². The molecule has 0 bridgehead atoms. The summed E-state index contributed by atoms with van der Waals surface area (Å²) >= 11 is 6.47. The first kappa shape index (κ1) is 21.2. The molecule has 0 fully saturated rings. The molecule has 0 N–H and O–H groups in total. The number of halogens is 1. The first-order valence-electron chi connectivity index (χ1n) is 10.1. The van der Waals surface area contributed by atoms with Gasteiger partial charge in [0, 0.05) is 36.8 Å². The Morgan fingerprint density at radius 3 is 2.86 bits per heavy atom. The Bertz CT molecular complexity index is 892. The van der Waals surface area contributed by atoms with Crippen LogP contribution in [0.4, 0.5) is 0 Å². The largest absolute Gasteiger partial charge is 0.486 e. The van der Waals surface area contributed by atoms with E-state index in [1.807, 2.05) is 32.0 Å². The molecule has 1 aromatic carbocycles. The van der Waals surface area contributed by atoms with Crippen molar-refractivity contribution in [3.05, 3.63) is 46.2 Å². The Hall–Kier alpha value is -2.47. The summed E-state index contributed by atoms with van der Waals surface area (Å²) in [6.07, 6.45) is 5.41. The van der Waals surface area contributed by atoms with Crippen LogP contribution < -0.4 is 9.47 Å².